The largest absolute Gasteiger partial charge is 0.451 e. The van der Waals surface area contributed by atoms with E-state index < -0.39 is 5.91 Å². The molecule has 0 aliphatic heterocycles. The number of nitrogens with two attached hydrogens (primary N) is 1. The Bertz CT molecular complexity index is 949. The van der Waals surface area contributed by atoms with Gasteiger partial charge in [0.05, 0.1) is 5.02 Å². The van der Waals surface area contributed by atoms with Gasteiger partial charge in [0.1, 0.15) is 5.76 Å². The van der Waals surface area contributed by atoms with Crippen molar-refractivity contribution in [2.24, 2.45) is 5.73 Å². The van der Waals surface area contributed by atoms with Crippen molar-refractivity contribution < 1.29 is 14.0 Å². The van der Waals surface area contributed by atoms with Crippen molar-refractivity contribution in [3.8, 4) is 11.3 Å². The predicted octanol–water partition coefficient (Wildman–Crippen LogP) is 3.67. The number of hydrogen-bond donors (Lipinski definition) is 2. The zero-order valence-electron chi connectivity index (χ0n) is 13.9. The van der Waals surface area contributed by atoms with Gasteiger partial charge < -0.3 is 15.5 Å². The summed E-state index contributed by atoms with van der Waals surface area (Å²) in [4.78, 5) is 23.4. The summed E-state index contributed by atoms with van der Waals surface area (Å²) >= 11 is 6.14. The minimum Gasteiger partial charge on any atom is -0.451 e. The van der Waals surface area contributed by atoms with E-state index in [0.717, 1.165) is 11.1 Å². The third-order valence-electron chi connectivity index (χ3n) is 3.88. The fourth-order valence-corrected chi connectivity index (χ4v) is 2.78. The lowest BCUT2D eigenvalue weighted by molar-refractivity contribution is 0.0926. The van der Waals surface area contributed by atoms with Crippen LogP contribution in [0.4, 0.5) is 0 Å². The molecule has 0 unspecified atom stereocenters. The first kappa shape index (κ1) is 17.8. The highest BCUT2D eigenvalue weighted by Crippen LogP contribution is 2.28. The fraction of sp³-hybridized carbons (Fsp3) is 0.100. The van der Waals surface area contributed by atoms with Gasteiger partial charge in [0.2, 0.25) is 5.91 Å². The Morgan fingerprint density at radius 3 is 2.62 bits per heavy atom. The Hall–Kier alpha value is -3.05. The van der Waals surface area contributed by atoms with E-state index >= 15 is 0 Å². The number of rotatable bonds is 6. The highest BCUT2D eigenvalue weighted by molar-refractivity contribution is 6.33. The summed E-state index contributed by atoms with van der Waals surface area (Å²) in [6.07, 6.45) is 0.574. The third-order valence-corrected chi connectivity index (χ3v) is 4.21. The number of carbonyl (C=O) groups is 2. The smallest absolute Gasteiger partial charge is 0.287 e. The molecule has 0 fully saturated rings. The number of halogens is 1. The molecule has 0 saturated heterocycles. The predicted molar refractivity (Wildman–Crippen MR) is 100 cm³/mol. The Kier molecular flexibility index (Phi) is 5.39. The van der Waals surface area contributed by atoms with E-state index in [1.807, 2.05) is 24.3 Å². The van der Waals surface area contributed by atoms with Crippen LogP contribution < -0.4 is 11.1 Å². The number of nitrogens with one attached hydrogen (secondary N) is 1. The van der Waals surface area contributed by atoms with Crippen molar-refractivity contribution in [3.63, 3.8) is 0 Å². The molecule has 3 N–H and O–H groups in total. The fourth-order valence-electron chi connectivity index (χ4n) is 2.55. The van der Waals surface area contributed by atoms with Crippen LogP contribution in [0.1, 0.15) is 26.5 Å². The summed E-state index contributed by atoms with van der Waals surface area (Å²) in [5, 5.41) is 3.35. The van der Waals surface area contributed by atoms with E-state index in [4.69, 9.17) is 21.8 Å². The molecule has 6 heteroatoms. The van der Waals surface area contributed by atoms with Crippen LogP contribution in [0.25, 0.3) is 11.3 Å². The standard InChI is InChI=1S/C20H17ClN2O3/c21-16-7-2-1-6-15(16)17-8-9-18(26-17)20(25)23-11-10-13-4-3-5-14(12-13)19(22)24/h1-9,12H,10-11H2,(H2,22,24)(H,23,25). The van der Waals surface area contributed by atoms with Crippen molar-refractivity contribution in [2.75, 3.05) is 6.54 Å². The molecule has 0 saturated carbocycles. The van der Waals surface area contributed by atoms with E-state index in [9.17, 15) is 9.59 Å². The SMILES string of the molecule is NC(=O)c1cccc(CCNC(=O)c2ccc(-c3ccccc3Cl)o2)c1. The average molecular weight is 369 g/mol. The third kappa shape index (κ3) is 4.13. The molecule has 0 spiro atoms. The second-order valence-corrected chi connectivity index (χ2v) is 6.12. The number of hydrogen-bond acceptors (Lipinski definition) is 3. The summed E-state index contributed by atoms with van der Waals surface area (Å²) in [6.45, 7) is 0.406. The van der Waals surface area contributed by atoms with Crippen LogP contribution >= 0.6 is 11.6 Å². The van der Waals surface area contributed by atoms with E-state index in [1.165, 1.54) is 0 Å². The highest BCUT2D eigenvalue weighted by Gasteiger charge is 2.13. The van der Waals surface area contributed by atoms with Crippen molar-refractivity contribution >= 4 is 23.4 Å². The molecule has 2 aromatic carbocycles. The zero-order valence-corrected chi connectivity index (χ0v) is 14.6. The molecular weight excluding hydrogens is 352 g/mol. The molecule has 3 aromatic rings. The molecule has 3 rings (SSSR count). The molecule has 26 heavy (non-hydrogen) atoms. The molecule has 1 heterocycles. The molecular formula is C20H17ClN2O3. The van der Waals surface area contributed by atoms with Gasteiger partial charge in [-0.15, -0.1) is 0 Å². The van der Waals surface area contributed by atoms with Gasteiger partial charge in [-0.1, -0.05) is 35.9 Å². The second-order valence-electron chi connectivity index (χ2n) is 5.71. The summed E-state index contributed by atoms with van der Waals surface area (Å²) in [6, 6.07) is 17.6. The minimum absolute atomic E-state index is 0.214. The number of primary amides is 1. The first-order chi connectivity index (χ1) is 12.5. The van der Waals surface area contributed by atoms with Crippen LogP contribution in [0, 0.1) is 0 Å². The lowest BCUT2D eigenvalue weighted by Gasteiger charge is -2.05. The van der Waals surface area contributed by atoms with E-state index in [0.29, 0.717) is 29.3 Å². The summed E-state index contributed by atoms with van der Waals surface area (Å²) in [7, 11) is 0. The number of amides is 2. The van der Waals surface area contributed by atoms with Crippen molar-refractivity contribution in [3.05, 3.63) is 82.6 Å². The molecule has 0 radical (unpaired) electrons. The maximum absolute atomic E-state index is 12.2. The normalized spacial score (nSPS) is 10.5. The lowest BCUT2D eigenvalue weighted by atomic mass is 10.1. The molecule has 0 aliphatic rings. The van der Waals surface area contributed by atoms with Gasteiger partial charge in [-0.3, -0.25) is 9.59 Å². The molecule has 1 aromatic heterocycles. The summed E-state index contributed by atoms with van der Waals surface area (Å²) < 4.78 is 5.61. The molecule has 2 amide bonds. The van der Waals surface area contributed by atoms with Gasteiger partial charge in [0.25, 0.3) is 5.91 Å². The topological polar surface area (TPSA) is 85.3 Å². The molecule has 132 valence electrons. The maximum Gasteiger partial charge on any atom is 0.287 e. The zero-order chi connectivity index (χ0) is 18.5. The first-order valence-corrected chi connectivity index (χ1v) is 8.44. The van der Waals surface area contributed by atoms with Crippen molar-refractivity contribution in [2.45, 2.75) is 6.42 Å². The van der Waals surface area contributed by atoms with Crippen LogP contribution in [-0.2, 0) is 6.42 Å². The Balaban J connectivity index is 1.60. The van der Waals surface area contributed by atoms with Gasteiger partial charge in [-0.25, -0.2) is 0 Å². The van der Waals surface area contributed by atoms with Gasteiger partial charge in [0, 0.05) is 17.7 Å². The second kappa shape index (κ2) is 7.89. The van der Waals surface area contributed by atoms with Crippen LogP contribution in [0.2, 0.25) is 5.02 Å². The summed E-state index contributed by atoms with van der Waals surface area (Å²) in [5.74, 6) is -0.0337. The Morgan fingerprint density at radius 1 is 1.04 bits per heavy atom. The van der Waals surface area contributed by atoms with Gasteiger partial charge in [-0.05, 0) is 48.4 Å². The quantitative estimate of drug-likeness (QED) is 0.696. The lowest BCUT2D eigenvalue weighted by Crippen LogP contribution is -2.25. The number of benzene rings is 2. The van der Waals surface area contributed by atoms with Gasteiger partial charge in [0.15, 0.2) is 5.76 Å². The van der Waals surface area contributed by atoms with Crippen LogP contribution in [-0.4, -0.2) is 18.4 Å². The average Bonchev–Trinajstić information content (AvgIpc) is 3.12. The van der Waals surface area contributed by atoms with Gasteiger partial charge in [-0.2, -0.15) is 0 Å². The van der Waals surface area contributed by atoms with E-state index in [2.05, 4.69) is 5.32 Å². The molecule has 0 atom stereocenters. The Labute approximate surface area is 155 Å². The molecule has 0 aliphatic carbocycles. The van der Waals surface area contributed by atoms with Crippen molar-refractivity contribution in [1.29, 1.82) is 0 Å². The van der Waals surface area contributed by atoms with Crippen LogP contribution in [0.15, 0.2) is 65.1 Å². The Morgan fingerprint density at radius 2 is 1.85 bits per heavy atom. The first-order valence-electron chi connectivity index (χ1n) is 8.06. The van der Waals surface area contributed by atoms with Crippen molar-refractivity contribution in [1.82, 2.24) is 5.32 Å². The number of furan rings is 1. The molecule has 5 nitrogen and oxygen atoms in total. The summed E-state index contributed by atoms with van der Waals surface area (Å²) in [5.41, 5.74) is 7.36. The van der Waals surface area contributed by atoms with Gasteiger partial charge >= 0.3 is 0 Å². The van der Waals surface area contributed by atoms with Crippen LogP contribution in [0.5, 0.6) is 0 Å². The molecule has 0 bridgehead atoms. The number of carbonyl (C=O) groups excluding carboxylic acids is 2. The monoisotopic (exact) mass is 368 g/mol. The highest BCUT2D eigenvalue weighted by atomic mass is 35.5. The van der Waals surface area contributed by atoms with E-state index in [-0.39, 0.29) is 11.7 Å². The van der Waals surface area contributed by atoms with Crippen LogP contribution in [0.3, 0.4) is 0 Å². The maximum atomic E-state index is 12.2. The van der Waals surface area contributed by atoms with E-state index in [1.54, 1.807) is 36.4 Å². The minimum atomic E-state index is -0.474.